The van der Waals surface area contributed by atoms with Gasteiger partial charge in [-0.15, -0.1) is 0 Å². The Hall–Kier alpha value is -1.11. The molecule has 0 aromatic carbocycles. The molecule has 2 atom stereocenters. The second kappa shape index (κ2) is 6.36. The van der Waals surface area contributed by atoms with Gasteiger partial charge in [-0.2, -0.15) is 0 Å². The summed E-state index contributed by atoms with van der Waals surface area (Å²) < 4.78 is 11.2. The molecular formula is C12H20N2O4S. The molecule has 2 unspecified atom stereocenters. The lowest BCUT2D eigenvalue weighted by atomic mass is 9.84. The van der Waals surface area contributed by atoms with Crippen molar-refractivity contribution in [3.63, 3.8) is 0 Å². The molecule has 1 aliphatic carbocycles. The Labute approximate surface area is 115 Å². The standard InChI is InChI=1S/C12H20N2O4S/c15-11(16)9-3-1-2-4-10(9)13-12(17)14-5-7-19(18)8-6-14/h9-10H,1-8H2,(H,13,17)(H,15,16). The number of hydrogen-bond donors (Lipinski definition) is 2. The van der Waals surface area contributed by atoms with E-state index in [1.54, 1.807) is 4.90 Å². The normalized spacial score (nSPS) is 28.9. The summed E-state index contributed by atoms with van der Waals surface area (Å²) in [5, 5.41) is 12.0. The minimum atomic E-state index is -0.829. The fourth-order valence-electron chi connectivity index (χ4n) is 2.69. The van der Waals surface area contributed by atoms with Crippen LogP contribution in [0.3, 0.4) is 0 Å². The Balaban J connectivity index is 1.89. The van der Waals surface area contributed by atoms with Crippen LogP contribution in [0.5, 0.6) is 0 Å². The molecule has 1 heterocycles. The minimum Gasteiger partial charge on any atom is -0.481 e. The lowest BCUT2D eigenvalue weighted by Crippen LogP contribution is -2.53. The number of carbonyl (C=O) groups excluding carboxylic acids is 1. The van der Waals surface area contributed by atoms with Gasteiger partial charge >= 0.3 is 12.0 Å². The summed E-state index contributed by atoms with van der Waals surface area (Å²) in [5.41, 5.74) is 0. The highest BCUT2D eigenvalue weighted by Crippen LogP contribution is 2.24. The maximum atomic E-state index is 12.1. The second-order valence-corrected chi connectivity index (χ2v) is 6.82. The maximum Gasteiger partial charge on any atom is 0.317 e. The molecule has 2 aliphatic rings. The molecule has 0 bridgehead atoms. The van der Waals surface area contributed by atoms with Gasteiger partial charge in [-0.05, 0) is 12.8 Å². The fourth-order valence-corrected chi connectivity index (χ4v) is 3.74. The van der Waals surface area contributed by atoms with Crippen molar-refractivity contribution in [2.75, 3.05) is 24.6 Å². The highest BCUT2D eigenvalue weighted by molar-refractivity contribution is 7.85. The predicted octanol–water partition coefficient (Wildman–Crippen LogP) is 0.404. The molecule has 0 aromatic rings. The molecule has 6 nitrogen and oxygen atoms in total. The summed E-state index contributed by atoms with van der Waals surface area (Å²) in [6.45, 7) is 0.978. The predicted molar refractivity (Wildman–Crippen MR) is 71.4 cm³/mol. The maximum absolute atomic E-state index is 12.1. The quantitative estimate of drug-likeness (QED) is 0.770. The van der Waals surface area contributed by atoms with E-state index >= 15 is 0 Å². The molecule has 1 saturated carbocycles. The van der Waals surface area contributed by atoms with Crippen LogP contribution >= 0.6 is 0 Å². The van der Waals surface area contributed by atoms with Crippen molar-refractivity contribution in [2.24, 2.45) is 5.92 Å². The molecule has 1 saturated heterocycles. The number of urea groups is 1. The average Bonchev–Trinajstić information content (AvgIpc) is 2.39. The van der Waals surface area contributed by atoms with Crippen LogP contribution in [0.1, 0.15) is 25.7 Å². The first-order valence-electron chi connectivity index (χ1n) is 6.71. The van der Waals surface area contributed by atoms with E-state index in [4.69, 9.17) is 5.11 Å². The van der Waals surface area contributed by atoms with E-state index in [1.807, 2.05) is 0 Å². The highest BCUT2D eigenvalue weighted by Gasteiger charge is 2.33. The Morgan fingerprint density at radius 2 is 1.79 bits per heavy atom. The minimum absolute atomic E-state index is 0.213. The third-order valence-electron chi connectivity index (χ3n) is 3.86. The molecule has 0 aromatic heterocycles. The summed E-state index contributed by atoms with van der Waals surface area (Å²) in [6, 6.07) is -0.485. The monoisotopic (exact) mass is 288 g/mol. The first-order chi connectivity index (χ1) is 9.08. The highest BCUT2D eigenvalue weighted by atomic mass is 32.2. The molecule has 2 amide bonds. The lowest BCUT2D eigenvalue weighted by molar-refractivity contribution is -0.143. The summed E-state index contributed by atoms with van der Waals surface area (Å²) >= 11 is 0. The van der Waals surface area contributed by atoms with Gasteiger partial charge in [0, 0.05) is 41.4 Å². The first kappa shape index (κ1) is 14.3. The number of nitrogens with zero attached hydrogens (tertiary/aromatic N) is 1. The molecule has 2 N–H and O–H groups in total. The number of amides is 2. The van der Waals surface area contributed by atoms with Crippen LogP contribution in [0, 0.1) is 5.92 Å². The molecule has 19 heavy (non-hydrogen) atoms. The van der Waals surface area contributed by atoms with E-state index in [9.17, 15) is 13.8 Å². The second-order valence-electron chi connectivity index (χ2n) is 5.12. The van der Waals surface area contributed by atoms with E-state index < -0.39 is 22.7 Å². The van der Waals surface area contributed by atoms with Gasteiger partial charge in [-0.25, -0.2) is 4.79 Å². The Morgan fingerprint density at radius 1 is 1.16 bits per heavy atom. The molecule has 0 radical (unpaired) electrons. The summed E-state index contributed by atoms with van der Waals surface area (Å²) in [4.78, 5) is 24.9. The molecular weight excluding hydrogens is 268 g/mol. The van der Waals surface area contributed by atoms with Crippen molar-refractivity contribution in [3.05, 3.63) is 0 Å². The topological polar surface area (TPSA) is 86.7 Å². The van der Waals surface area contributed by atoms with Crippen LogP contribution in [0.2, 0.25) is 0 Å². The van der Waals surface area contributed by atoms with Crippen molar-refractivity contribution in [1.82, 2.24) is 10.2 Å². The lowest BCUT2D eigenvalue weighted by Gasteiger charge is -2.33. The van der Waals surface area contributed by atoms with Crippen molar-refractivity contribution in [1.29, 1.82) is 0 Å². The molecule has 108 valence electrons. The van der Waals surface area contributed by atoms with Crippen LogP contribution in [0.15, 0.2) is 0 Å². The number of carbonyl (C=O) groups is 2. The largest absolute Gasteiger partial charge is 0.481 e. The number of aliphatic carboxylic acids is 1. The van der Waals surface area contributed by atoms with Gasteiger partial charge in [-0.3, -0.25) is 9.00 Å². The zero-order valence-electron chi connectivity index (χ0n) is 10.8. The Bertz CT molecular complexity index is 378. The first-order valence-corrected chi connectivity index (χ1v) is 8.20. The molecule has 7 heteroatoms. The molecule has 2 fully saturated rings. The van der Waals surface area contributed by atoms with Crippen LogP contribution < -0.4 is 5.32 Å². The average molecular weight is 288 g/mol. The Morgan fingerprint density at radius 3 is 2.42 bits per heavy atom. The smallest absolute Gasteiger partial charge is 0.317 e. The summed E-state index contributed by atoms with van der Waals surface area (Å²) in [5.74, 6) is -0.276. The third kappa shape index (κ3) is 3.68. The van der Waals surface area contributed by atoms with Crippen LogP contribution in [-0.2, 0) is 15.6 Å². The van der Waals surface area contributed by atoms with Gasteiger partial charge in [0.05, 0.1) is 5.92 Å². The number of rotatable bonds is 2. The molecule has 0 spiro atoms. The zero-order chi connectivity index (χ0) is 13.8. The van der Waals surface area contributed by atoms with Crippen molar-refractivity contribution in [2.45, 2.75) is 31.7 Å². The van der Waals surface area contributed by atoms with E-state index in [0.29, 0.717) is 31.0 Å². The van der Waals surface area contributed by atoms with E-state index in [1.165, 1.54) is 0 Å². The molecule has 1 aliphatic heterocycles. The number of carboxylic acid groups (broad SMARTS) is 1. The van der Waals surface area contributed by atoms with Crippen LogP contribution in [-0.4, -0.2) is 56.9 Å². The fraction of sp³-hybridized carbons (Fsp3) is 0.833. The molecule has 2 rings (SSSR count). The van der Waals surface area contributed by atoms with Gasteiger partial charge in [0.1, 0.15) is 0 Å². The van der Waals surface area contributed by atoms with Gasteiger partial charge in [-0.1, -0.05) is 12.8 Å². The van der Waals surface area contributed by atoms with Gasteiger partial charge in [0.15, 0.2) is 0 Å². The zero-order valence-corrected chi connectivity index (χ0v) is 11.7. The van der Waals surface area contributed by atoms with Crippen molar-refractivity contribution < 1.29 is 18.9 Å². The van der Waals surface area contributed by atoms with E-state index in [0.717, 1.165) is 19.3 Å². The number of hydrogen-bond acceptors (Lipinski definition) is 3. The van der Waals surface area contributed by atoms with Gasteiger partial charge in [0.2, 0.25) is 0 Å². The van der Waals surface area contributed by atoms with Crippen LogP contribution in [0.4, 0.5) is 4.79 Å². The van der Waals surface area contributed by atoms with Crippen LogP contribution in [0.25, 0.3) is 0 Å². The Kier molecular flexibility index (Phi) is 4.79. The van der Waals surface area contributed by atoms with E-state index in [2.05, 4.69) is 5.32 Å². The van der Waals surface area contributed by atoms with Crippen molar-refractivity contribution >= 4 is 22.8 Å². The SMILES string of the molecule is O=C(O)C1CCCCC1NC(=O)N1CCS(=O)CC1. The van der Waals surface area contributed by atoms with Gasteiger partial charge in [0.25, 0.3) is 0 Å². The summed E-state index contributed by atoms with van der Waals surface area (Å²) in [6.07, 6.45) is 3.22. The number of carboxylic acids is 1. The van der Waals surface area contributed by atoms with E-state index in [-0.39, 0.29) is 12.1 Å². The van der Waals surface area contributed by atoms with Crippen molar-refractivity contribution in [3.8, 4) is 0 Å². The summed E-state index contributed by atoms with van der Waals surface area (Å²) in [7, 11) is -0.814. The number of nitrogens with one attached hydrogen (secondary N) is 1. The third-order valence-corrected chi connectivity index (χ3v) is 5.13. The van der Waals surface area contributed by atoms with Gasteiger partial charge < -0.3 is 15.3 Å².